The highest BCUT2D eigenvalue weighted by Crippen LogP contribution is 2.70. The maximum atomic E-state index is 12.4. The second-order valence-corrected chi connectivity index (χ2v) is 13.7. The third-order valence-electron chi connectivity index (χ3n) is 12.2. The van der Waals surface area contributed by atoms with Gasteiger partial charge in [0.05, 0.1) is 30.0 Å². The molecular formula is C30H46O8. The highest BCUT2D eigenvalue weighted by atomic mass is 16.7. The Bertz CT molecular complexity index is 968. The Balaban J connectivity index is 1.18. The molecule has 6 rings (SSSR count). The number of aliphatic hydroxyl groups excluding tert-OH is 2. The van der Waals surface area contributed by atoms with Gasteiger partial charge < -0.3 is 34.3 Å². The minimum absolute atomic E-state index is 0.0464. The van der Waals surface area contributed by atoms with Gasteiger partial charge in [0.2, 0.25) is 0 Å². The van der Waals surface area contributed by atoms with Gasteiger partial charge in [0.15, 0.2) is 6.29 Å². The monoisotopic (exact) mass is 534 g/mol. The molecule has 6 aliphatic rings. The van der Waals surface area contributed by atoms with Crippen LogP contribution in [0.4, 0.5) is 0 Å². The number of cyclic esters (lactones) is 1. The molecular weight excluding hydrogens is 488 g/mol. The van der Waals surface area contributed by atoms with E-state index in [9.17, 15) is 20.1 Å². The predicted octanol–water partition coefficient (Wildman–Crippen LogP) is 3.11. The lowest BCUT2D eigenvalue weighted by atomic mass is 9.42. The summed E-state index contributed by atoms with van der Waals surface area (Å²) in [4.78, 5) is 11.8. The normalized spacial score (nSPS) is 54.5. The molecule has 0 radical (unpaired) electrons. The quantitative estimate of drug-likeness (QED) is 0.372. The van der Waals surface area contributed by atoms with E-state index in [-0.39, 0.29) is 53.7 Å². The van der Waals surface area contributed by atoms with Gasteiger partial charge in [-0.25, -0.2) is 4.79 Å². The third-order valence-corrected chi connectivity index (χ3v) is 12.2. The van der Waals surface area contributed by atoms with E-state index in [1.54, 1.807) is 13.2 Å². The SMILES string of the molecule is COC1C[C@H](O[C@@H]2CC[C@]3(C)C4C(CC[C@@H]3C2)[C@@]2(O)CC[C@H](C3=CC(=O)OC3)[C@@]2(C)C[C@H]4O)OC(C)[C@H]1O. The molecule has 38 heavy (non-hydrogen) atoms. The average molecular weight is 535 g/mol. The molecule has 0 bridgehead atoms. The molecule has 4 saturated carbocycles. The molecule has 2 aliphatic heterocycles. The fraction of sp³-hybridized carbons (Fsp3) is 0.900. The highest BCUT2D eigenvalue weighted by Gasteiger charge is 2.70. The second kappa shape index (κ2) is 9.52. The first-order valence-electron chi connectivity index (χ1n) is 14.8. The molecule has 1 saturated heterocycles. The van der Waals surface area contributed by atoms with Gasteiger partial charge in [-0.2, -0.15) is 0 Å². The van der Waals surface area contributed by atoms with E-state index < -0.39 is 23.2 Å². The van der Waals surface area contributed by atoms with Crippen LogP contribution in [0.15, 0.2) is 11.6 Å². The van der Waals surface area contributed by atoms with Gasteiger partial charge in [-0.3, -0.25) is 0 Å². The van der Waals surface area contributed by atoms with Gasteiger partial charge in [0.25, 0.3) is 0 Å². The van der Waals surface area contributed by atoms with Gasteiger partial charge in [-0.15, -0.1) is 0 Å². The van der Waals surface area contributed by atoms with Crippen molar-refractivity contribution in [3.63, 3.8) is 0 Å². The van der Waals surface area contributed by atoms with Crippen molar-refractivity contribution in [2.75, 3.05) is 13.7 Å². The molecule has 0 aromatic carbocycles. The van der Waals surface area contributed by atoms with Crippen molar-refractivity contribution in [3.8, 4) is 0 Å². The number of aliphatic hydroxyl groups is 3. The third kappa shape index (κ3) is 3.96. The van der Waals surface area contributed by atoms with Gasteiger partial charge in [-0.05, 0) is 93.0 Å². The van der Waals surface area contributed by atoms with Crippen LogP contribution in [0.5, 0.6) is 0 Å². The Hall–Kier alpha value is -1.03. The van der Waals surface area contributed by atoms with Crippen LogP contribution in [-0.4, -0.2) is 77.4 Å². The molecule has 8 nitrogen and oxygen atoms in total. The van der Waals surface area contributed by atoms with Crippen LogP contribution in [0.2, 0.25) is 0 Å². The molecule has 8 heteroatoms. The molecule has 0 amide bonds. The molecule has 13 atom stereocenters. The maximum Gasteiger partial charge on any atom is 0.331 e. The van der Waals surface area contributed by atoms with Gasteiger partial charge >= 0.3 is 5.97 Å². The molecule has 3 N–H and O–H groups in total. The lowest BCUT2D eigenvalue weighted by molar-refractivity contribution is -0.278. The zero-order valence-electron chi connectivity index (χ0n) is 23.3. The first-order chi connectivity index (χ1) is 18.0. The van der Waals surface area contributed by atoms with E-state index in [0.717, 1.165) is 44.1 Å². The lowest BCUT2D eigenvalue weighted by Crippen LogP contribution is -2.66. The van der Waals surface area contributed by atoms with E-state index in [2.05, 4.69) is 13.8 Å². The fourth-order valence-electron chi connectivity index (χ4n) is 10.1. The largest absolute Gasteiger partial charge is 0.458 e. The number of hydrogen-bond acceptors (Lipinski definition) is 8. The van der Waals surface area contributed by atoms with Gasteiger partial charge in [-0.1, -0.05) is 13.8 Å². The van der Waals surface area contributed by atoms with E-state index in [4.69, 9.17) is 18.9 Å². The number of fused-ring (bicyclic) bond motifs is 5. The second-order valence-electron chi connectivity index (χ2n) is 13.7. The summed E-state index contributed by atoms with van der Waals surface area (Å²) in [7, 11) is 1.62. The Labute approximate surface area is 226 Å². The Morgan fingerprint density at radius 1 is 1.08 bits per heavy atom. The lowest BCUT2D eigenvalue weighted by Gasteiger charge is -2.65. The van der Waals surface area contributed by atoms with E-state index >= 15 is 0 Å². The highest BCUT2D eigenvalue weighted by molar-refractivity contribution is 5.85. The van der Waals surface area contributed by atoms with Gasteiger partial charge in [0, 0.05) is 25.0 Å². The minimum atomic E-state index is -0.850. The average Bonchev–Trinajstić information content (AvgIpc) is 3.41. The first-order valence-corrected chi connectivity index (χ1v) is 14.8. The molecule has 4 unspecified atom stereocenters. The van der Waals surface area contributed by atoms with Crippen molar-refractivity contribution in [1.29, 1.82) is 0 Å². The van der Waals surface area contributed by atoms with Crippen LogP contribution in [0, 0.1) is 34.5 Å². The summed E-state index contributed by atoms with van der Waals surface area (Å²) in [6, 6.07) is 0. The molecule has 0 aromatic rings. The first kappa shape index (κ1) is 27.2. The molecule has 214 valence electrons. The van der Waals surface area contributed by atoms with Crippen LogP contribution < -0.4 is 0 Å². The van der Waals surface area contributed by atoms with E-state index in [0.29, 0.717) is 31.8 Å². The van der Waals surface area contributed by atoms with Crippen molar-refractivity contribution < 1.29 is 39.1 Å². The number of esters is 1. The summed E-state index contributed by atoms with van der Waals surface area (Å²) >= 11 is 0. The number of carbonyl (C=O) groups excluding carboxylic acids is 1. The number of rotatable bonds is 4. The van der Waals surface area contributed by atoms with Crippen molar-refractivity contribution >= 4 is 5.97 Å². The van der Waals surface area contributed by atoms with Crippen molar-refractivity contribution in [2.24, 2.45) is 34.5 Å². The zero-order valence-corrected chi connectivity index (χ0v) is 23.3. The van der Waals surface area contributed by atoms with Crippen LogP contribution in [0.1, 0.15) is 78.6 Å². The summed E-state index contributed by atoms with van der Waals surface area (Å²) < 4.78 is 23.1. The topological polar surface area (TPSA) is 115 Å². The summed E-state index contributed by atoms with van der Waals surface area (Å²) in [5.41, 5.74) is -0.389. The number of carbonyl (C=O) groups is 1. The standard InChI is InChI=1S/C30H46O8/c1-16-27(33)23(35-4)13-25(37-16)38-19-7-9-28(2)18(12-19)5-6-21-26(28)22(31)14-29(3)20(8-10-30(21,29)34)17-11-24(32)36-15-17/h11,16,18-23,25-27,31,33-34H,5-10,12-15H2,1-4H3/t16?,18-,19-,20-,21?,22-,23?,25+,26?,27-,28+,29-,30+/m1/s1. The number of ether oxygens (including phenoxy) is 4. The Morgan fingerprint density at radius 3 is 2.58 bits per heavy atom. The van der Waals surface area contributed by atoms with Crippen LogP contribution >= 0.6 is 0 Å². The Morgan fingerprint density at radius 2 is 1.87 bits per heavy atom. The van der Waals surface area contributed by atoms with Crippen LogP contribution in [-0.2, 0) is 23.7 Å². The van der Waals surface area contributed by atoms with E-state index in [1.807, 2.05) is 6.92 Å². The predicted molar refractivity (Wildman–Crippen MR) is 138 cm³/mol. The number of hydrogen-bond donors (Lipinski definition) is 3. The van der Waals surface area contributed by atoms with Crippen molar-refractivity contribution in [2.45, 2.75) is 121 Å². The summed E-state index contributed by atoms with van der Waals surface area (Å²) in [6.45, 7) is 6.65. The molecule has 4 aliphatic carbocycles. The molecule has 5 fully saturated rings. The molecule has 0 aromatic heterocycles. The molecule has 2 heterocycles. The van der Waals surface area contributed by atoms with E-state index in [1.165, 1.54) is 0 Å². The fourth-order valence-corrected chi connectivity index (χ4v) is 10.1. The zero-order chi connectivity index (χ0) is 27.0. The summed E-state index contributed by atoms with van der Waals surface area (Å²) in [5, 5.41) is 34.5. The van der Waals surface area contributed by atoms with Crippen molar-refractivity contribution in [1.82, 2.24) is 0 Å². The van der Waals surface area contributed by atoms with Crippen LogP contribution in [0.25, 0.3) is 0 Å². The molecule has 0 spiro atoms. The minimum Gasteiger partial charge on any atom is -0.458 e. The number of methoxy groups -OCH3 is 1. The maximum absolute atomic E-state index is 12.4. The van der Waals surface area contributed by atoms with Crippen molar-refractivity contribution in [3.05, 3.63) is 11.6 Å². The smallest absolute Gasteiger partial charge is 0.331 e. The van der Waals surface area contributed by atoms with Crippen LogP contribution in [0.3, 0.4) is 0 Å². The summed E-state index contributed by atoms with van der Waals surface area (Å²) in [5.74, 6) is 0.285. The van der Waals surface area contributed by atoms with Gasteiger partial charge in [0.1, 0.15) is 12.7 Å². The Kier molecular flexibility index (Phi) is 6.80. The summed E-state index contributed by atoms with van der Waals surface area (Å²) in [6.07, 6.45) is 6.83.